The number of anilines is 2. The van der Waals surface area contributed by atoms with Crippen molar-refractivity contribution >= 4 is 28.9 Å². The first-order chi connectivity index (χ1) is 9.10. The maximum absolute atomic E-state index is 11.8. The molecule has 4 nitrogen and oxygen atoms in total. The minimum Gasteiger partial charge on any atom is -0.508 e. The van der Waals surface area contributed by atoms with Gasteiger partial charge in [-0.1, -0.05) is 11.6 Å². The number of hydrogen-bond donors (Lipinski definition) is 3. The summed E-state index contributed by atoms with van der Waals surface area (Å²) < 4.78 is 0. The Morgan fingerprint density at radius 3 is 2.47 bits per heavy atom. The van der Waals surface area contributed by atoms with E-state index < -0.39 is 0 Å². The summed E-state index contributed by atoms with van der Waals surface area (Å²) in [4.78, 5) is 11.8. The van der Waals surface area contributed by atoms with Gasteiger partial charge in [0.05, 0.1) is 11.3 Å². The lowest BCUT2D eigenvalue weighted by atomic mass is 10.1. The molecule has 98 valence electrons. The summed E-state index contributed by atoms with van der Waals surface area (Å²) in [6, 6.07) is 11.5. The molecular weight excluding hydrogens is 264 g/mol. The first-order valence-corrected chi connectivity index (χ1v) is 6.05. The van der Waals surface area contributed by atoms with Crippen molar-refractivity contribution in [3.05, 3.63) is 53.1 Å². The minimum atomic E-state index is -0.196. The van der Waals surface area contributed by atoms with Gasteiger partial charge in [-0.2, -0.15) is 0 Å². The van der Waals surface area contributed by atoms with Crippen molar-refractivity contribution in [2.75, 3.05) is 12.4 Å². The van der Waals surface area contributed by atoms with E-state index in [0.717, 1.165) is 5.69 Å². The summed E-state index contributed by atoms with van der Waals surface area (Å²) in [5.41, 5.74) is 1.86. The molecule has 0 aromatic heterocycles. The van der Waals surface area contributed by atoms with Crippen molar-refractivity contribution in [2.24, 2.45) is 0 Å². The highest BCUT2D eigenvalue weighted by atomic mass is 35.5. The quantitative estimate of drug-likeness (QED) is 0.755. The van der Waals surface area contributed by atoms with Gasteiger partial charge >= 0.3 is 0 Å². The number of phenols is 1. The number of aromatic hydroxyl groups is 1. The van der Waals surface area contributed by atoms with Gasteiger partial charge < -0.3 is 15.7 Å². The zero-order chi connectivity index (χ0) is 13.8. The van der Waals surface area contributed by atoms with Crippen LogP contribution >= 0.6 is 11.6 Å². The normalized spacial score (nSPS) is 10.0. The van der Waals surface area contributed by atoms with Gasteiger partial charge in [-0.3, -0.25) is 4.79 Å². The molecule has 0 bridgehead atoms. The second kappa shape index (κ2) is 5.63. The van der Waals surface area contributed by atoms with Crippen LogP contribution in [0.2, 0.25) is 5.02 Å². The van der Waals surface area contributed by atoms with Crippen LogP contribution < -0.4 is 10.6 Å². The molecule has 5 heteroatoms. The lowest BCUT2D eigenvalue weighted by Gasteiger charge is -2.11. The molecule has 1 amide bonds. The fourth-order valence-corrected chi connectivity index (χ4v) is 1.82. The maximum atomic E-state index is 11.8. The van der Waals surface area contributed by atoms with Crippen molar-refractivity contribution in [1.82, 2.24) is 5.32 Å². The van der Waals surface area contributed by atoms with E-state index in [0.29, 0.717) is 16.3 Å². The van der Waals surface area contributed by atoms with E-state index in [9.17, 15) is 9.90 Å². The summed E-state index contributed by atoms with van der Waals surface area (Å²) in [7, 11) is 1.57. The van der Waals surface area contributed by atoms with E-state index in [4.69, 9.17) is 11.6 Å². The Morgan fingerprint density at radius 1 is 1.16 bits per heavy atom. The molecule has 0 spiro atoms. The number of rotatable bonds is 3. The second-order valence-electron chi connectivity index (χ2n) is 3.94. The van der Waals surface area contributed by atoms with E-state index in [1.807, 2.05) is 0 Å². The average molecular weight is 277 g/mol. The average Bonchev–Trinajstić information content (AvgIpc) is 2.41. The molecule has 0 atom stereocenters. The lowest BCUT2D eigenvalue weighted by molar-refractivity contribution is 0.0964. The Hall–Kier alpha value is -2.20. The van der Waals surface area contributed by atoms with Gasteiger partial charge in [0.1, 0.15) is 5.75 Å². The Balaban J connectivity index is 2.35. The molecule has 2 aromatic carbocycles. The third-order valence-electron chi connectivity index (χ3n) is 2.60. The number of amides is 1. The molecule has 3 N–H and O–H groups in total. The monoisotopic (exact) mass is 276 g/mol. The molecule has 0 unspecified atom stereocenters. The number of carbonyl (C=O) groups is 1. The van der Waals surface area contributed by atoms with E-state index in [2.05, 4.69) is 10.6 Å². The van der Waals surface area contributed by atoms with Gasteiger partial charge in [-0.15, -0.1) is 0 Å². The summed E-state index contributed by atoms with van der Waals surface area (Å²) in [5, 5.41) is 15.4. The Bertz CT molecular complexity index is 597. The van der Waals surface area contributed by atoms with Crippen molar-refractivity contribution in [3.8, 4) is 5.75 Å². The number of hydrogen-bond acceptors (Lipinski definition) is 3. The predicted molar refractivity (Wildman–Crippen MR) is 76.2 cm³/mol. The Kier molecular flexibility index (Phi) is 3.92. The largest absolute Gasteiger partial charge is 0.508 e. The van der Waals surface area contributed by atoms with Gasteiger partial charge in [0, 0.05) is 17.8 Å². The first kappa shape index (κ1) is 13.2. The van der Waals surface area contributed by atoms with Crippen molar-refractivity contribution in [1.29, 1.82) is 0 Å². The van der Waals surface area contributed by atoms with Crippen molar-refractivity contribution in [2.45, 2.75) is 0 Å². The van der Waals surface area contributed by atoms with Crippen LogP contribution in [0.1, 0.15) is 10.4 Å². The number of nitrogens with one attached hydrogen (secondary N) is 2. The highest BCUT2D eigenvalue weighted by Gasteiger charge is 2.10. The second-order valence-corrected chi connectivity index (χ2v) is 4.38. The van der Waals surface area contributed by atoms with Gasteiger partial charge in [0.15, 0.2) is 0 Å². The van der Waals surface area contributed by atoms with Gasteiger partial charge in [-0.25, -0.2) is 0 Å². The van der Waals surface area contributed by atoms with Crippen molar-refractivity contribution in [3.63, 3.8) is 0 Å². The summed E-state index contributed by atoms with van der Waals surface area (Å²) in [5.74, 6) is -0.0129. The summed E-state index contributed by atoms with van der Waals surface area (Å²) >= 11 is 5.94. The molecule has 2 aromatic rings. The van der Waals surface area contributed by atoms with E-state index in [1.54, 1.807) is 49.5 Å². The SMILES string of the molecule is CNC(=O)c1ccc(Cl)cc1Nc1ccc(O)cc1. The van der Waals surface area contributed by atoms with E-state index in [-0.39, 0.29) is 11.7 Å². The van der Waals surface area contributed by atoms with Gasteiger partial charge in [-0.05, 0) is 42.5 Å². The zero-order valence-electron chi connectivity index (χ0n) is 10.3. The standard InChI is InChI=1S/C14H13ClN2O2/c1-16-14(19)12-7-2-9(15)8-13(12)17-10-3-5-11(18)6-4-10/h2-8,17-18H,1H3,(H,16,19). The van der Waals surface area contributed by atoms with Crippen LogP contribution in [0.15, 0.2) is 42.5 Å². The highest BCUT2D eigenvalue weighted by molar-refractivity contribution is 6.31. The molecule has 0 radical (unpaired) electrons. The summed E-state index contributed by atoms with van der Waals surface area (Å²) in [6.07, 6.45) is 0. The molecular formula is C14H13ClN2O2. The molecule has 19 heavy (non-hydrogen) atoms. The third kappa shape index (κ3) is 3.17. The number of carbonyl (C=O) groups excluding carboxylic acids is 1. The molecule has 0 saturated heterocycles. The smallest absolute Gasteiger partial charge is 0.253 e. The highest BCUT2D eigenvalue weighted by Crippen LogP contribution is 2.25. The molecule has 0 aliphatic heterocycles. The Morgan fingerprint density at radius 2 is 1.84 bits per heavy atom. The van der Waals surface area contributed by atoms with Gasteiger partial charge in [0.2, 0.25) is 0 Å². The van der Waals surface area contributed by atoms with Crippen LogP contribution in [0.3, 0.4) is 0 Å². The molecule has 0 saturated carbocycles. The first-order valence-electron chi connectivity index (χ1n) is 5.68. The van der Waals surface area contributed by atoms with Crippen LogP contribution in [0.25, 0.3) is 0 Å². The molecule has 0 fully saturated rings. The van der Waals surface area contributed by atoms with Crippen LogP contribution in [0, 0.1) is 0 Å². The number of halogens is 1. The third-order valence-corrected chi connectivity index (χ3v) is 2.83. The van der Waals surface area contributed by atoms with E-state index in [1.165, 1.54) is 0 Å². The molecule has 0 aliphatic carbocycles. The molecule has 0 heterocycles. The topological polar surface area (TPSA) is 61.4 Å². The van der Waals surface area contributed by atoms with Gasteiger partial charge in [0.25, 0.3) is 5.91 Å². The molecule has 0 aliphatic rings. The fourth-order valence-electron chi connectivity index (χ4n) is 1.65. The lowest BCUT2D eigenvalue weighted by Crippen LogP contribution is -2.19. The van der Waals surface area contributed by atoms with Crippen LogP contribution in [0.4, 0.5) is 11.4 Å². The maximum Gasteiger partial charge on any atom is 0.253 e. The summed E-state index contributed by atoms with van der Waals surface area (Å²) in [6.45, 7) is 0. The fraction of sp³-hybridized carbons (Fsp3) is 0.0714. The van der Waals surface area contributed by atoms with Crippen LogP contribution in [0.5, 0.6) is 5.75 Å². The Labute approximate surface area is 116 Å². The number of phenolic OH excluding ortho intramolecular Hbond substituents is 1. The van der Waals surface area contributed by atoms with Crippen LogP contribution in [-0.2, 0) is 0 Å². The zero-order valence-corrected chi connectivity index (χ0v) is 11.0. The predicted octanol–water partition coefficient (Wildman–Crippen LogP) is 3.15. The molecule has 2 rings (SSSR count). The van der Waals surface area contributed by atoms with Crippen molar-refractivity contribution < 1.29 is 9.90 Å². The van der Waals surface area contributed by atoms with Crippen LogP contribution in [-0.4, -0.2) is 18.1 Å². The number of benzene rings is 2. The van der Waals surface area contributed by atoms with E-state index >= 15 is 0 Å². The minimum absolute atomic E-state index is 0.183.